The highest BCUT2D eigenvalue weighted by atomic mass is 32.2. The molecular weight excluding hydrogens is 266 g/mol. The Bertz CT molecular complexity index is 555. The molecule has 19 heavy (non-hydrogen) atoms. The second kappa shape index (κ2) is 4.76. The van der Waals surface area contributed by atoms with Crippen LogP contribution in [-0.2, 0) is 10.0 Å². The summed E-state index contributed by atoms with van der Waals surface area (Å²) in [6.45, 7) is 1.16. The standard InChI is InChI=1S/C13H17NO4S/c15-9-12-5-6-13(18-12)19(16,17)14(7-10-1-2-10)8-11-3-4-11/h5-6,9-11H,1-4,7-8H2. The first-order valence-corrected chi connectivity index (χ1v) is 8.09. The van der Waals surface area contributed by atoms with Crippen LogP contribution in [0.5, 0.6) is 0 Å². The summed E-state index contributed by atoms with van der Waals surface area (Å²) in [5.41, 5.74) is 0. The van der Waals surface area contributed by atoms with E-state index in [-0.39, 0.29) is 10.9 Å². The molecule has 1 heterocycles. The molecule has 0 N–H and O–H groups in total. The lowest BCUT2D eigenvalue weighted by Gasteiger charge is -2.20. The van der Waals surface area contributed by atoms with Gasteiger partial charge in [0.1, 0.15) is 0 Å². The van der Waals surface area contributed by atoms with E-state index in [2.05, 4.69) is 0 Å². The maximum absolute atomic E-state index is 12.5. The fourth-order valence-electron chi connectivity index (χ4n) is 2.11. The Balaban J connectivity index is 1.82. The first-order chi connectivity index (χ1) is 9.09. The van der Waals surface area contributed by atoms with E-state index in [0.29, 0.717) is 31.2 Å². The molecule has 0 radical (unpaired) electrons. The number of hydrogen-bond acceptors (Lipinski definition) is 4. The first-order valence-electron chi connectivity index (χ1n) is 6.65. The molecule has 5 nitrogen and oxygen atoms in total. The smallest absolute Gasteiger partial charge is 0.276 e. The van der Waals surface area contributed by atoms with Crippen molar-refractivity contribution < 1.29 is 17.6 Å². The van der Waals surface area contributed by atoms with Crippen LogP contribution in [-0.4, -0.2) is 32.1 Å². The maximum Gasteiger partial charge on any atom is 0.276 e. The van der Waals surface area contributed by atoms with Crippen LogP contribution < -0.4 is 0 Å². The molecule has 0 unspecified atom stereocenters. The summed E-state index contributed by atoms with van der Waals surface area (Å²) in [4.78, 5) is 10.6. The van der Waals surface area contributed by atoms with Crippen molar-refractivity contribution in [3.8, 4) is 0 Å². The summed E-state index contributed by atoms with van der Waals surface area (Å²) >= 11 is 0. The van der Waals surface area contributed by atoms with E-state index < -0.39 is 10.0 Å². The lowest BCUT2D eigenvalue weighted by atomic mass is 10.4. The molecular formula is C13H17NO4S. The molecule has 0 amide bonds. The fraction of sp³-hybridized carbons (Fsp3) is 0.615. The summed E-state index contributed by atoms with van der Waals surface area (Å²) in [5, 5.41) is -0.115. The number of aldehydes is 1. The SMILES string of the molecule is O=Cc1ccc(S(=O)(=O)N(CC2CC2)CC2CC2)o1. The summed E-state index contributed by atoms with van der Waals surface area (Å²) < 4.78 is 31.6. The zero-order valence-corrected chi connectivity index (χ0v) is 11.4. The Morgan fingerprint density at radius 1 is 1.16 bits per heavy atom. The van der Waals surface area contributed by atoms with Crippen LogP contribution in [0, 0.1) is 11.8 Å². The van der Waals surface area contributed by atoms with Crippen molar-refractivity contribution in [3.63, 3.8) is 0 Å². The molecule has 0 aromatic carbocycles. The van der Waals surface area contributed by atoms with Crippen LogP contribution >= 0.6 is 0 Å². The number of nitrogens with zero attached hydrogens (tertiary/aromatic N) is 1. The van der Waals surface area contributed by atoms with Crippen molar-refractivity contribution in [1.29, 1.82) is 0 Å². The van der Waals surface area contributed by atoms with Gasteiger partial charge < -0.3 is 4.42 Å². The van der Waals surface area contributed by atoms with Gasteiger partial charge in [-0.05, 0) is 49.7 Å². The van der Waals surface area contributed by atoms with Crippen molar-refractivity contribution in [2.24, 2.45) is 11.8 Å². The van der Waals surface area contributed by atoms with Crippen molar-refractivity contribution >= 4 is 16.3 Å². The third-order valence-corrected chi connectivity index (χ3v) is 5.34. The highest BCUT2D eigenvalue weighted by Crippen LogP contribution is 2.36. The Labute approximate surface area is 112 Å². The van der Waals surface area contributed by atoms with E-state index in [1.54, 1.807) is 0 Å². The highest BCUT2D eigenvalue weighted by molar-refractivity contribution is 7.89. The average Bonchev–Trinajstić information content (AvgIpc) is 3.30. The van der Waals surface area contributed by atoms with Crippen LogP contribution in [0.1, 0.15) is 36.2 Å². The molecule has 3 rings (SSSR count). The summed E-state index contributed by atoms with van der Waals surface area (Å²) in [5.74, 6) is 1.04. The molecule has 2 aliphatic carbocycles. The largest absolute Gasteiger partial charge is 0.440 e. The highest BCUT2D eigenvalue weighted by Gasteiger charge is 2.37. The van der Waals surface area contributed by atoms with Gasteiger partial charge in [-0.1, -0.05) is 0 Å². The molecule has 1 aromatic heterocycles. The predicted octanol–water partition coefficient (Wildman–Crippen LogP) is 1.90. The Kier molecular flexibility index (Phi) is 3.22. The van der Waals surface area contributed by atoms with Crippen molar-refractivity contribution in [2.45, 2.75) is 30.8 Å². The van der Waals surface area contributed by atoms with Gasteiger partial charge in [-0.25, -0.2) is 8.42 Å². The van der Waals surface area contributed by atoms with Gasteiger partial charge in [-0.2, -0.15) is 4.31 Å². The average molecular weight is 283 g/mol. The summed E-state index contributed by atoms with van der Waals surface area (Å²) in [7, 11) is -3.59. The summed E-state index contributed by atoms with van der Waals surface area (Å²) in [6, 6.07) is 2.76. The molecule has 2 fully saturated rings. The minimum Gasteiger partial charge on any atom is -0.440 e. The maximum atomic E-state index is 12.5. The quantitative estimate of drug-likeness (QED) is 0.717. The van der Waals surface area contributed by atoms with Crippen molar-refractivity contribution in [3.05, 3.63) is 17.9 Å². The number of sulfonamides is 1. The molecule has 0 saturated heterocycles. The Hall–Kier alpha value is -1.14. The second-order valence-electron chi connectivity index (χ2n) is 5.48. The molecule has 0 atom stereocenters. The molecule has 6 heteroatoms. The van der Waals surface area contributed by atoms with Gasteiger partial charge in [0.25, 0.3) is 10.0 Å². The molecule has 104 valence electrons. The van der Waals surface area contributed by atoms with E-state index in [9.17, 15) is 13.2 Å². The van der Waals surface area contributed by atoms with E-state index in [1.165, 1.54) is 16.4 Å². The lowest BCUT2D eigenvalue weighted by molar-refractivity contribution is 0.109. The van der Waals surface area contributed by atoms with Crippen LogP contribution in [0.3, 0.4) is 0 Å². The van der Waals surface area contributed by atoms with Gasteiger partial charge in [0.15, 0.2) is 12.0 Å². The van der Waals surface area contributed by atoms with Crippen LogP contribution in [0.25, 0.3) is 0 Å². The van der Waals surface area contributed by atoms with Gasteiger partial charge in [-0.3, -0.25) is 4.79 Å². The first kappa shape index (κ1) is 12.9. The van der Waals surface area contributed by atoms with Gasteiger partial charge in [0, 0.05) is 13.1 Å². The topological polar surface area (TPSA) is 67.6 Å². The summed E-state index contributed by atoms with van der Waals surface area (Å²) in [6.07, 6.45) is 4.94. The normalized spacial score (nSPS) is 19.8. The number of carbonyl (C=O) groups is 1. The second-order valence-corrected chi connectivity index (χ2v) is 7.35. The number of hydrogen-bond donors (Lipinski definition) is 0. The van der Waals surface area contributed by atoms with Crippen molar-refractivity contribution in [1.82, 2.24) is 4.31 Å². The zero-order chi connectivity index (χ0) is 13.5. The van der Waals surface area contributed by atoms with E-state index in [0.717, 1.165) is 25.7 Å². The molecule has 0 spiro atoms. The van der Waals surface area contributed by atoms with E-state index in [1.807, 2.05) is 0 Å². The van der Waals surface area contributed by atoms with E-state index >= 15 is 0 Å². The Morgan fingerprint density at radius 3 is 2.16 bits per heavy atom. The minimum atomic E-state index is -3.59. The van der Waals surface area contributed by atoms with Gasteiger partial charge in [0.2, 0.25) is 5.09 Å². The molecule has 0 aliphatic heterocycles. The third kappa shape index (κ3) is 2.90. The molecule has 2 aliphatic rings. The number of rotatable bonds is 7. The van der Waals surface area contributed by atoms with Gasteiger partial charge in [0.05, 0.1) is 0 Å². The minimum absolute atomic E-state index is 0.0522. The van der Waals surface area contributed by atoms with E-state index in [4.69, 9.17) is 4.42 Å². The number of furan rings is 1. The van der Waals surface area contributed by atoms with Crippen molar-refractivity contribution in [2.75, 3.05) is 13.1 Å². The number of carbonyl (C=O) groups excluding carboxylic acids is 1. The van der Waals surface area contributed by atoms with Crippen LogP contribution in [0.15, 0.2) is 21.6 Å². The molecule has 0 bridgehead atoms. The fourth-order valence-corrected chi connectivity index (χ4v) is 3.62. The van der Waals surface area contributed by atoms with Crippen LogP contribution in [0.4, 0.5) is 0 Å². The zero-order valence-electron chi connectivity index (χ0n) is 10.6. The molecule has 1 aromatic rings. The molecule has 2 saturated carbocycles. The Morgan fingerprint density at radius 2 is 1.74 bits per heavy atom. The van der Waals surface area contributed by atoms with Crippen LogP contribution in [0.2, 0.25) is 0 Å². The third-order valence-electron chi connectivity index (χ3n) is 3.63. The van der Waals surface area contributed by atoms with Gasteiger partial charge >= 0.3 is 0 Å². The van der Waals surface area contributed by atoms with Gasteiger partial charge in [-0.15, -0.1) is 0 Å². The monoisotopic (exact) mass is 283 g/mol. The predicted molar refractivity (Wildman–Crippen MR) is 68.3 cm³/mol. The lowest BCUT2D eigenvalue weighted by Crippen LogP contribution is -2.34.